The number of aromatic nitrogens is 3. The molecule has 13 heteroatoms. The van der Waals surface area contributed by atoms with Gasteiger partial charge in [0, 0.05) is 51.1 Å². The summed E-state index contributed by atoms with van der Waals surface area (Å²) >= 11 is 0. The van der Waals surface area contributed by atoms with Crippen LogP contribution in [0, 0.1) is 0 Å². The smallest absolute Gasteiger partial charge is 0.307 e. The SMILES string of the molecule is CCCCc1nc2c(N)nc3ccccc3c2n1CCCN(Cc1cccc(CC(=O)O)c1)C(=O)CN1CCCN(S(C)(=O)=O)CC1. The number of carboxylic acids is 1. The van der Waals surface area contributed by atoms with Crippen molar-refractivity contribution in [3.63, 3.8) is 0 Å². The minimum atomic E-state index is -3.30. The lowest BCUT2D eigenvalue weighted by Crippen LogP contribution is -2.42. The molecule has 47 heavy (non-hydrogen) atoms. The number of benzene rings is 2. The number of carbonyl (C=O) groups is 2. The lowest BCUT2D eigenvalue weighted by Gasteiger charge is -2.27. The van der Waals surface area contributed by atoms with Crippen molar-refractivity contribution in [1.82, 2.24) is 28.6 Å². The Labute approximate surface area is 276 Å². The van der Waals surface area contributed by atoms with Gasteiger partial charge < -0.3 is 20.3 Å². The standard InChI is InChI=1S/C34H45N7O5S/c1-3-4-14-29-37-32-33(27-12-5-6-13-28(27)36-34(32)35)41(29)18-9-16-39(23-26-11-7-10-25(21-26)22-31(43)44)30(42)24-38-15-8-17-40(20-19-38)47(2,45)46/h5-7,10-13,21H,3-4,8-9,14-20,22-24H2,1-2H3,(H2,35,36)(H,43,44). The van der Waals surface area contributed by atoms with Crippen LogP contribution in [0.15, 0.2) is 48.5 Å². The summed E-state index contributed by atoms with van der Waals surface area (Å²) in [5.41, 5.74) is 10.4. The van der Waals surface area contributed by atoms with Crippen molar-refractivity contribution in [1.29, 1.82) is 0 Å². The van der Waals surface area contributed by atoms with Crippen molar-refractivity contribution < 1.29 is 23.1 Å². The Hall–Kier alpha value is -4.07. The summed E-state index contributed by atoms with van der Waals surface area (Å²) in [5, 5.41) is 10.3. The van der Waals surface area contributed by atoms with Gasteiger partial charge in [0.25, 0.3) is 0 Å². The van der Waals surface area contributed by atoms with E-state index in [9.17, 15) is 23.1 Å². The van der Waals surface area contributed by atoms with Gasteiger partial charge in [0.15, 0.2) is 5.82 Å². The van der Waals surface area contributed by atoms with Gasteiger partial charge in [0.2, 0.25) is 15.9 Å². The predicted molar refractivity (Wildman–Crippen MR) is 183 cm³/mol. The van der Waals surface area contributed by atoms with E-state index in [0.717, 1.165) is 47.1 Å². The molecule has 0 saturated carbocycles. The molecular formula is C34H45N7O5S. The molecule has 0 bridgehead atoms. The highest BCUT2D eigenvalue weighted by atomic mass is 32.2. The highest BCUT2D eigenvalue weighted by Gasteiger charge is 2.25. The molecule has 1 fully saturated rings. The lowest BCUT2D eigenvalue weighted by atomic mass is 10.1. The third-order valence-electron chi connectivity index (χ3n) is 8.70. The number of nitrogens with two attached hydrogens (primary N) is 1. The van der Waals surface area contributed by atoms with Crippen LogP contribution in [-0.2, 0) is 45.5 Å². The van der Waals surface area contributed by atoms with Crippen LogP contribution in [0.1, 0.15) is 49.6 Å². The number of unbranched alkanes of at least 4 members (excludes halogenated alkanes) is 1. The van der Waals surface area contributed by atoms with Crippen molar-refractivity contribution >= 4 is 49.7 Å². The molecule has 5 rings (SSSR count). The summed E-state index contributed by atoms with van der Waals surface area (Å²) in [4.78, 5) is 38.7. The summed E-state index contributed by atoms with van der Waals surface area (Å²) in [7, 11) is -3.30. The molecular weight excluding hydrogens is 618 g/mol. The van der Waals surface area contributed by atoms with Gasteiger partial charge in [-0.2, -0.15) is 0 Å². The summed E-state index contributed by atoms with van der Waals surface area (Å²) in [6, 6.07) is 15.3. The second-order valence-electron chi connectivity index (χ2n) is 12.3. The van der Waals surface area contributed by atoms with Crippen LogP contribution in [0.4, 0.5) is 5.82 Å². The zero-order chi connectivity index (χ0) is 33.6. The second-order valence-corrected chi connectivity index (χ2v) is 14.3. The normalized spacial score (nSPS) is 14.9. The Bertz CT molecular complexity index is 1840. The Morgan fingerprint density at radius 3 is 2.55 bits per heavy atom. The molecule has 1 amide bonds. The van der Waals surface area contributed by atoms with Crippen molar-refractivity contribution in [2.24, 2.45) is 0 Å². The van der Waals surface area contributed by atoms with E-state index in [1.807, 2.05) is 52.3 Å². The van der Waals surface area contributed by atoms with Crippen molar-refractivity contribution in [2.45, 2.75) is 58.5 Å². The maximum Gasteiger partial charge on any atom is 0.307 e. The minimum Gasteiger partial charge on any atom is -0.481 e. The Morgan fingerprint density at radius 2 is 1.79 bits per heavy atom. The number of pyridine rings is 1. The van der Waals surface area contributed by atoms with E-state index in [2.05, 4.69) is 16.5 Å². The number of anilines is 1. The summed E-state index contributed by atoms with van der Waals surface area (Å²) in [6.45, 7) is 5.65. The number of rotatable bonds is 14. The Balaban J connectivity index is 1.39. The molecule has 252 valence electrons. The van der Waals surface area contributed by atoms with Crippen molar-refractivity contribution in [2.75, 3.05) is 51.3 Å². The number of hydrogen-bond donors (Lipinski definition) is 2. The number of carbonyl (C=O) groups excluding carboxylic acids is 1. The number of carboxylic acid groups (broad SMARTS) is 1. The average Bonchev–Trinajstić information content (AvgIpc) is 3.21. The number of imidazole rings is 1. The molecule has 0 unspecified atom stereocenters. The number of nitrogens with zero attached hydrogens (tertiary/aromatic N) is 6. The highest BCUT2D eigenvalue weighted by Crippen LogP contribution is 2.29. The maximum atomic E-state index is 13.9. The Morgan fingerprint density at radius 1 is 1.00 bits per heavy atom. The maximum absolute atomic E-state index is 13.9. The van der Waals surface area contributed by atoms with E-state index in [0.29, 0.717) is 75.6 Å². The quantitative estimate of drug-likeness (QED) is 0.206. The molecule has 0 spiro atoms. The van der Waals surface area contributed by atoms with Crippen molar-refractivity contribution in [3.05, 3.63) is 65.5 Å². The first-order valence-corrected chi connectivity index (χ1v) is 18.2. The van der Waals surface area contributed by atoms with E-state index < -0.39 is 16.0 Å². The van der Waals surface area contributed by atoms with Crippen LogP contribution in [0.2, 0.25) is 0 Å². The number of hydrogen-bond acceptors (Lipinski definition) is 8. The number of sulfonamides is 1. The van der Waals surface area contributed by atoms with Gasteiger partial charge in [-0.05, 0) is 43.0 Å². The van der Waals surface area contributed by atoms with Crippen LogP contribution in [0.3, 0.4) is 0 Å². The molecule has 2 aromatic heterocycles. The van der Waals surface area contributed by atoms with Gasteiger partial charge in [-0.15, -0.1) is 0 Å². The fraction of sp³-hybridized carbons (Fsp3) is 0.471. The van der Waals surface area contributed by atoms with Gasteiger partial charge in [0.1, 0.15) is 11.3 Å². The fourth-order valence-electron chi connectivity index (χ4n) is 6.34. The molecule has 4 aromatic rings. The topological polar surface area (TPSA) is 155 Å². The largest absolute Gasteiger partial charge is 0.481 e. The molecule has 1 aliphatic heterocycles. The number of nitrogen functional groups attached to an aromatic ring is 1. The molecule has 1 saturated heterocycles. The first-order chi connectivity index (χ1) is 22.5. The van der Waals surface area contributed by atoms with E-state index in [1.54, 1.807) is 6.07 Å². The van der Waals surface area contributed by atoms with Crippen LogP contribution >= 0.6 is 0 Å². The first-order valence-electron chi connectivity index (χ1n) is 16.3. The molecule has 0 atom stereocenters. The van der Waals surface area contributed by atoms with E-state index in [-0.39, 0.29) is 18.9 Å². The van der Waals surface area contributed by atoms with Gasteiger partial charge in [0.05, 0.1) is 30.3 Å². The van der Waals surface area contributed by atoms with Gasteiger partial charge >= 0.3 is 5.97 Å². The van der Waals surface area contributed by atoms with Gasteiger partial charge in [-0.1, -0.05) is 55.8 Å². The van der Waals surface area contributed by atoms with Crippen LogP contribution in [-0.4, -0.2) is 99.6 Å². The van der Waals surface area contributed by atoms with E-state index in [1.165, 1.54) is 10.6 Å². The highest BCUT2D eigenvalue weighted by molar-refractivity contribution is 7.88. The third kappa shape index (κ3) is 8.65. The zero-order valence-corrected chi connectivity index (χ0v) is 28.1. The molecule has 1 aliphatic rings. The van der Waals surface area contributed by atoms with Gasteiger partial charge in [-0.25, -0.2) is 22.7 Å². The summed E-state index contributed by atoms with van der Waals surface area (Å²) < 4.78 is 28.0. The predicted octanol–water partition coefficient (Wildman–Crippen LogP) is 3.52. The van der Waals surface area contributed by atoms with Crippen LogP contribution in [0.25, 0.3) is 21.9 Å². The number of aliphatic carboxylic acids is 1. The molecule has 0 radical (unpaired) electrons. The second kappa shape index (κ2) is 15.2. The first kappa shape index (κ1) is 34.3. The number of aryl methyl sites for hydroxylation is 2. The molecule has 3 heterocycles. The number of amides is 1. The summed E-state index contributed by atoms with van der Waals surface area (Å²) in [5.74, 6) is 0.391. The number of fused-ring (bicyclic) bond motifs is 3. The lowest BCUT2D eigenvalue weighted by molar-refractivity contribution is -0.136. The molecule has 12 nitrogen and oxygen atoms in total. The monoisotopic (exact) mass is 663 g/mol. The third-order valence-corrected chi connectivity index (χ3v) is 10.0. The van der Waals surface area contributed by atoms with Crippen molar-refractivity contribution in [3.8, 4) is 0 Å². The zero-order valence-electron chi connectivity index (χ0n) is 27.3. The van der Waals surface area contributed by atoms with E-state index >= 15 is 0 Å². The Kier molecular flexibility index (Phi) is 11.1. The minimum absolute atomic E-state index is 0.0537. The van der Waals surface area contributed by atoms with Crippen LogP contribution in [0.5, 0.6) is 0 Å². The van der Waals surface area contributed by atoms with Gasteiger partial charge in [-0.3, -0.25) is 14.5 Å². The summed E-state index contributed by atoms with van der Waals surface area (Å²) in [6.07, 6.45) is 5.25. The van der Waals surface area contributed by atoms with Crippen LogP contribution < -0.4 is 5.73 Å². The fourth-order valence-corrected chi connectivity index (χ4v) is 7.22. The van der Waals surface area contributed by atoms with E-state index in [4.69, 9.17) is 10.7 Å². The number of para-hydroxylation sites is 1. The molecule has 2 aromatic carbocycles. The molecule has 0 aliphatic carbocycles. The molecule has 3 N–H and O–H groups in total. The average molecular weight is 664 g/mol.